The van der Waals surface area contributed by atoms with Gasteiger partial charge in [0.25, 0.3) is 0 Å². The third-order valence-electron chi connectivity index (χ3n) is 4.95. The van der Waals surface area contributed by atoms with Crippen molar-refractivity contribution in [3.63, 3.8) is 0 Å². The molecule has 1 aromatic rings. The normalized spacial score (nSPS) is 31.9. The fourth-order valence-electron chi connectivity index (χ4n) is 3.21. The van der Waals surface area contributed by atoms with E-state index in [0.29, 0.717) is 0 Å². The zero-order valence-electron chi connectivity index (χ0n) is 12.2. The molecule has 1 aliphatic rings. The maximum atomic E-state index is 6.14. The Kier molecular flexibility index (Phi) is 4.93. The fourth-order valence-corrected chi connectivity index (χ4v) is 4.35. The van der Waals surface area contributed by atoms with Crippen molar-refractivity contribution < 1.29 is 0 Å². The Morgan fingerprint density at radius 2 is 2.16 bits per heavy atom. The van der Waals surface area contributed by atoms with Crippen molar-refractivity contribution >= 4 is 22.9 Å². The van der Waals surface area contributed by atoms with Crippen molar-refractivity contribution in [2.45, 2.75) is 45.2 Å². The molecule has 2 nitrogen and oxygen atoms in total. The van der Waals surface area contributed by atoms with Crippen molar-refractivity contribution in [3.8, 4) is 0 Å². The van der Waals surface area contributed by atoms with E-state index in [2.05, 4.69) is 31.9 Å². The maximum absolute atomic E-state index is 6.14. The van der Waals surface area contributed by atoms with Gasteiger partial charge in [0.15, 0.2) is 0 Å². The number of hydrogen-bond acceptors (Lipinski definition) is 3. The van der Waals surface area contributed by atoms with Gasteiger partial charge in [0.1, 0.15) is 0 Å². The lowest BCUT2D eigenvalue weighted by atomic mass is 9.70. The second-order valence-corrected chi connectivity index (χ2v) is 7.99. The summed E-state index contributed by atoms with van der Waals surface area (Å²) in [6.45, 7) is 6.43. The molecule has 2 N–H and O–H groups in total. The van der Waals surface area contributed by atoms with Gasteiger partial charge in [0.05, 0.1) is 4.34 Å². The minimum atomic E-state index is 0.169. The van der Waals surface area contributed by atoms with Crippen molar-refractivity contribution in [1.82, 2.24) is 4.90 Å². The Morgan fingerprint density at radius 3 is 2.68 bits per heavy atom. The summed E-state index contributed by atoms with van der Waals surface area (Å²) in [5.74, 6) is 1.58. The number of rotatable bonds is 4. The number of halogens is 1. The largest absolute Gasteiger partial charge is 0.329 e. The molecule has 0 bridgehead atoms. The molecule has 1 heterocycles. The number of hydrogen-bond donors (Lipinski definition) is 1. The van der Waals surface area contributed by atoms with Gasteiger partial charge < -0.3 is 5.73 Å². The standard InChI is InChI=1S/C15H25ClN2S/c1-11-6-7-15(10-17,8-12(11)2)18(3)9-13-4-5-14(16)19-13/h4-5,11-12H,6-10,17H2,1-3H3. The molecule has 1 saturated carbocycles. The van der Waals surface area contributed by atoms with Gasteiger partial charge in [-0.2, -0.15) is 0 Å². The van der Waals surface area contributed by atoms with E-state index in [1.165, 1.54) is 24.1 Å². The summed E-state index contributed by atoms with van der Waals surface area (Å²) in [6.07, 6.45) is 3.71. The number of likely N-dealkylation sites (N-methyl/N-ethyl adjacent to an activating group) is 1. The van der Waals surface area contributed by atoms with Crippen molar-refractivity contribution in [1.29, 1.82) is 0 Å². The highest BCUT2D eigenvalue weighted by atomic mass is 35.5. The highest BCUT2D eigenvalue weighted by molar-refractivity contribution is 7.16. The molecule has 0 aliphatic heterocycles. The van der Waals surface area contributed by atoms with Crippen LogP contribution in [0.2, 0.25) is 4.34 Å². The zero-order valence-corrected chi connectivity index (χ0v) is 13.7. The average Bonchev–Trinajstić information content (AvgIpc) is 2.78. The molecule has 1 aliphatic carbocycles. The minimum absolute atomic E-state index is 0.169. The quantitative estimate of drug-likeness (QED) is 0.911. The summed E-state index contributed by atoms with van der Waals surface area (Å²) in [5.41, 5.74) is 6.31. The summed E-state index contributed by atoms with van der Waals surface area (Å²) in [7, 11) is 2.21. The van der Waals surface area contributed by atoms with Crippen LogP contribution >= 0.6 is 22.9 Å². The van der Waals surface area contributed by atoms with E-state index in [1.807, 2.05) is 6.07 Å². The van der Waals surface area contributed by atoms with Gasteiger partial charge in [-0.05, 0) is 50.3 Å². The molecule has 0 amide bonds. The summed E-state index contributed by atoms with van der Waals surface area (Å²) < 4.78 is 0.871. The molecular formula is C15H25ClN2S. The SMILES string of the molecule is CC1CCC(CN)(N(C)Cc2ccc(Cl)s2)CC1C. The molecular weight excluding hydrogens is 276 g/mol. The molecule has 19 heavy (non-hydrogen) atoms. The monoisotopic (exact) mass is 300 g/mol. The highest BCUT2D eigenvalue weighted by Gasteiger charge is 2.39. The summed E-state index contributed by atoms with van der Waals surface area (Å²) in [4.78, 5) is 3.78. The first-order valence-corrected chi connectivity index (χ1v) is 8.32. The molecule has 0 spiro atoms. The molecule has 3 atom stereocenters. The molecule has 0 aromatic carbocycles. The Bertz CT molecular complexity index is 420. The first-order chi connectivity index (χ1) is 8.97. The van der Waals surface area contributed by atoms with Crippen LogP contribution in [0.25, 0.3) is 0 Å². The van der Waals surface area contributed by atoms with E-state index in [4.69, 9.17) is 17.3 Å². The number of thiophene rings is 1. The van der Waals surface area contributed by atoms with Gasteiger partial charge in [-0.25, -0.2) is 0 Å². The van der Waals surface area contributed by atoms with Crippen molar-refractivity contribution in [3.05, 3.63) is 21.3 Å². The third kappa shape index (κ3) is 3.33. The van der Waals surface area contributed by atoms with Crippen LogP contribution in [0.3, 0.4) is 0 Å². The van der Waals surface area contributed by atoms with E-state index in [-0.39, 0.29) is 5.54 Å². The van der Waals surface area contributed by atoms with E-state index >= 15 is 0 Å². The fraction of sp³-hybridized carbons (Fsp3) is 0.733. The summed E-state index contributed by atoms with van der Waals surface area (Å²) in [5, 5.41) is 0. The molecule has 3 unspecified atom stereocenters. The zero-order chi connectivity index (χ0) is 14.0. The number of nitrogens with two attached hydrogens (primary N) is 1. The van der Waals surface area contributed by atoms with Crippen LogP contribution in [0.4, 0.5) is 0 Å². The first-order valence-electron chi connectivity index (χ1n) is 7.12. The third-order valence-corrected chi connectivity index (χ3v) is 6.17. The van der Waals surface area contributed by atoms with Crippen LogP contribution in [-0.2, 0) is 6.54 Å². The highest BCUT2D eigenvalue weighted by Crippen LogP contribution is 2.39. The Morgan fingerprint density at radius 1 is 1.42 bits per heavy atom. The molecule has 2 rings (SSSR count). The van der Waals surface area contributed by atoms with Gasteiger partial charge in [-0.15, -0.1) is 11.3 Å². The minimum Gasteiger partial charge on any atom is -0.329 e. The van der Waals surface area contributed by atoms with Crippen LogP contribution in [-0.4, -0.2) is 24.0 Å². The first kappa shape index (κ1) is 15.3. The predicted molar refractivity (Wildman–Crippen MR) is 84.8 cm³/mol. The maximum Gasteiger partial charge on any atom is 0.0931 e. The molecule has 0 saturated heterocycles. The van der Waals surface area contributed by atoms with Gasteiger partial charge >= 0.3 is 0 Å². The second kappa shape index (κ2) is 6.13. The number of nitrogens with zero attached hydrogens (tertiary/aromatic N) is 1. The predicted octanol–water partition coefficient (Wildman–Crippen LogP) is 3.99. The van der Waals surface area contributed by atoms with E-state index in [1.54, 1.807) is 11.3 Å². The van der Waals surface area contributed by atoms with E-state index < -0.39 is 0 Å². The van der Waals surface area contributed by atoms with Gasteiger partial charge in [-0.1, -0.05) is 25.4 Å². The average molecular weight is 301 g/mol. The van der Waals surface area contributed by atoms with Gasteiger partial charge in [-0.3, -0.25) is 4.90 Å². The topological polar surface area (TPSA) is 29.3 Å². The molecule has 1 aromatic heterocycles. The lowest BCUT2D eigenvalue weighted by Crippen LogP contribution is -2.55. The Balaban J connectivity index is 2.08. The van der Waals surface area contributed by atoms with Crippen LogP contribution in [0, 0.1) is 11.8 Å². The molecule has 0 radical (unpaired) electrons. The van der Waals surface area contributed by atoms with Gasteiger partial charge in [0.2, 0.25) is 0 Å². The lowest BCUT2D eigenvalue weighted by molar-refractivity contribution is 0.0356. The Labute approximate surface area is 125 Å². The Hall–Kier alpha value is -0.0900. The van der Waals surface area contributed by atoms with Crippen LogP contribution < -0.4 is 5.73 Å². The second-order valence-electron chi connectivity index (χ2n) is 6.19. The van der Waals surface area contributed by atoms with Gasteiger partial charge in [0, 0.05) is 23.5 Å². The molecule has 108 valence electrons. The summed E-state index contributed by atoms with van der Waals surface area (Å²) >= 11 is 7.69. The van der Waals surface area contributed by atoms with Crippen molar-refractivity contribution in [2.75, 3.05) is 13.6 Å². The van der Waals surface area contributed by atoms with E-state index in [0.717, 1.165) is 29.3 Å². The van der Waals surface area contributed by atoms with Crippen LogP contribution in [0.5, 0.6) is 0 Å². The summed E-state index contributed by atoms with van der Waals surface area (Å²) in [6, 6.07) is 4.11. The molecule has 4 heteroatoms. The lowest BCUT2D eigenvalue weighted by Gasteiger charge is -2.48. The molecule has 1 fully saturated rings. The van der Waals surface area contributed by atoms with Crippen LogP contribution in [0.15, 0.2) is 12.1 Å². The van der Waals surface area contributed by atoms with E-state index in [9.17, 15) is 0 Å². The van der Waals surface area contributed by atoms with Crippen molar-refractivity contribution in [2.24, 2.45) is 17.6 Å². The smallest absolute Gasteiger partial charge is 0.0931 e. The van der Waals surface area contributed by atoms with Crippen LogP contribution in [0.1, 0.15) is 38.0 Å².